The molecule has 0 saturated heterocycles. The molecule has 1 aromatic carbocycles. The maximum atomic E-state index is 5.87. The predicted octanol–water partition coefficient (Wildman–Crippen LogP) is 2.57. The standard InChI is InChI=1S/C15H20N4O/c1-9-5-10(2)15(11(3)6-9)20-8-14-17-12(4)7-13(18-14)19-16/h5-7H,8,16H2,1-4H3,(H,17,18,19). The number of aryl methyl sites for hydroxylation is 4. The molecule has 1 aromatic heterocycles. The van der Waals surface area contributed by atoms with Crippen molar-refractivity contribution in [3.05, 3.63) is 46.4 Å². The number of benzene rings is 1. The summed E-state index contributed by atoms with van der Waals surface area (Å²) >= 11 is 0. The summed E-state index contributed by atoms with van der Waals surface area (Å²) in [6.07, 6.45) is 0. The summed E-state index contributed by atoms with van der Waals surface area (Å²) in [5, 5.41) is 0. The number of anilines is 1. The summed E-state index contributed by atoms with van der Waals surface area (Å²) in [4.78, 5) is 8.61. The smallest absolute Gasteiger partial charge is 0.168 e. The summed E-state index contributed by atoms with van der Waals surface area (Å²) in [5.41, 5.74) is 6.85. The zero-order valence-electron chi connectivity index (χ0n) is 12.3. The fraction of sp³-hybridized carbons (Fsp3) is 0.333. The second kappa shape index (κ2) is 5.88. The highest BCUT2D eigenvalue weighted by atomic mass is 16.5. The van der Waals surface area contributed by atoms with Gasteiger partial charge in [0.05, 0.1) is 0 Å². The van der Waals surface area contributed by atoms with Gasteiger partial charge in [-0.1, -0.05) is 17.7 Å². The Hall–Kier alpha value is -2.14. The molecule has 2 aromatic rings. The van der Waals surface area contributed by atoms with Crippen molar-refractivity contribution < 1.29 is 4.74 Å². The van der Waals surface area contributed by atoms with Crippen LogP contribution in [0.4, 0.5) is 5.82 Å². The van der Waals surface area contributed by atoms with Crippen molar-refractivity contribution in [2.24, 2.45) is 5.84 Å². The molecule has 106 valence electrons. The molecule has 1 heterocycles. The van der Waals surface area contributed by atoms with Crippen molar-refractivity contribution in [2.75, 3.05) is 5.43 Å². The molecule has 5 nitrogen and oxygen atoms in total. The van der Waals surface area contributed by atoms with Crippen LogP contribution >= 0.6 is 0 Å². The van der Waals surface area contributed by atoms with E-state index in [9.17, 15) is 0 Å². The van der Waals surface area contributed by atoms with Crippen molar-refractivity contribution in [1.82, 2.24) is 9.97 Å². The third-order valence-corrected chi connectivity index (χ3v) is 3.00. The van der Waals surface area contributed by atoms with E-state index in [2.05, 4.69) is 34.5 Å². The quantitative estimate of drug-likeness (QED) is 0.661. The number of rotatable bonds is 4. The third-order valence-electron chi connectivity index (χ3n) is 3.00. The molecule has 3 N–H and O–H groups in total. The van der Waals surface area contributed by atoms with E-state index < -0.39 is 0 Å². The summed E-state index contributed by atoms with van der Waals surface area (Å²) in [6.45, 7) is 8.38. The zero-order valence-corrected chi connectivity index (χ0v) is 12.3. The van der Waals surface area contributed by atoms with Crippen LogP contribution in [0.25, 0.3) is 0 Å². The zero-order chi connectivity index (χ0) is 14.7. The van der Waals surface area contributed by atoms with Crippen LogP contribution in [0.5, 0.6) is 5.75 Å². The van der Waals surface area contributed by atoms with Gasteiger partial charge in [-0.25, -0.2) is 15.8 Å². The third kappa shape index (κ3) is 3.24. The van der Waals surface area contributed by atoms with Gasteiger partial charge in [-0.3, -0.25) is 0 Å². The Kier molecular flexibility index (Phi) is 4.20. The minimum Gasteiger partial charge on any atom is -0.485 e. The van der Waals surface area contributed by atoms with E-state index >= 15 is 0 Å². The van der Waals surface area contributed by atoms with Crippen molar-refractivity contribution in [1.29, 1.82) is 0 Å². The van der Waals surface area contributed by atoms with Crippen LogP contribution in [0.3, 0.4) is 0 Å². The fourth-order valence-corrected chi connectivity index (χ4v) is 2.30. The lowest BCUT2D eigenvalue weighted by molar-refractivity contribution is 0.291. The molecule has 0 aliphatic carbocycles. The lowest BCUT2D eigenvalue weighted by Crippen LogP contribution is -2.12. The Bertz CT molecular complexity index is 602. The molecule has 0 bridgehead atoms. The number of nitrogens with one attached hydrogen (secondary N) is 1. The summed E-state index contributed by atoms with van der Waals surface area (Å²) in [5.74, 6) is 7.47. The number of aromatic nitrogens is 2. The van der Waals surface area contributed by atoms with Crippen LogP contribution in [0.15, 0.2) is 18.2 Å². The molecule has 0 aliphatic rings. The van der Waals surface area contributed by atoms with Crippen molar-refractivity contribution >= 4 is 5.82 Å². The molecule has 2 rings (SSSR count). The van der Waals surface area contributed by atoms with Crippen molar-refractivity contribution in [3.63, 3.8) is 0 Å². The molecule has 0 fully saturated rings. The highest BCUT2D eigenvalue weighted by Crippen LogP contribution is 2.25. The Morgan fingerprint density at radius 2 is 1.70 bits per heavy atom. The van der Waals surface area contributed by atoms with Crippen molar-refractivity contribution in [3.8, 4) is 5.75 Å². The van der Waals surface area contributed by atoms with Gasteiger partial charge in [0.25, 0.3) is 0 Å². The van der Waals surface area contributed by atoms with Crippen molar-refractivity contribution in [2.45, 2.75) is 34.3 Å². The first-order valence-corrected chi connectivity index (χ1v) is 6.51. The maximum Gasteiger partial charge on any atom is 0.168 e. The van der Waals surface area contributed by atoms with Gasteiger partial charge in [-0.05, 0) is 38.8 Å². The second-order valence-corrected chi connectivity index (χ2v) is 4.97. The number of hydrogen-bond donors (Lipinski definition) is 2. The van der Waals surface area contributed by atoms with Crippen LogP contribution in [0.2, 0.25) is 0 Å². The van der Waals surface area contributed by atoms with Gasteiger partial charge in [0.15, 0.2) is 5.82 Å². The number of nitrogen functional groups attached to an aromatic ring is 1. The second-order valence-electron chi connectivity index (χ2n) is 4.97. The maximum absolute atomic E-state index is 5.87. The van der Waals surface area contributed by atoms with Crippen LogP contribution in [0.1, 0.15) is 28.2 Å². The Morgan fingerprint density at radius 3 is 2.30 bits per heavy atom. The monoisotopic (exact) mass is 272 g/mol. The SMILES string of the molecule is Cc1cc(C)c(OCc2nc(C)cc(NN)n2)c(C)c1. The van der Waals surface area contributed by atoms with E-state index in [0.717, 1.165) is 22.6 Å². The molecule has 20 heavy (non-hydrogen) atoms. The fourth-order valence-electron chi connectivity index (χ4n) is 2.30. The summed E-state index contributed by atoms with van der Waals surface area (Å²) in [7, 11) is 0. The molecule has 0 spiro atoms. The summed E-state index contributed by atoms with van der Waals surface area (Å²) < 4.78 is 5.87. The lowest BCUT2D eigenvalue weighted by Gasteiger charge is -2.13. The van der Waals surface area contributed by atoms with E-state index in [1.807, 2.05) is 20.8 Å². The van der Waals surface area contributed by atoms with E-state index in [1.54, 1.807) is 6.07 Å². The summed E-state index contributed by atoms with van der Waals surface area (Å²) in [6, 6.07) is 5.99. The average Bonchev–Trinajstić information content (AvgIpc) is 2.36. The molecule has 0 radical (unpaired) electrons. The lowest BCUT2D eigenvalue weighted by atomic mass is 10.1. The number of nitrogens with two attached hydrogens (primary N) is 1. The Balaban J connectivity index is 2.19. The highest BCUT2D eigenvalue weighted by molar-refractivity contribution is 5.43. The highest BCUT2D eigenvalue weighted by Gasteiger charge is 2.07. The minimum absolute atomic E-state index is 0.321. The number of hydrazine groups is 1. The van der Waals surface area contributed by atoms with Crippen LogP contribution in [-0.2, 0) is 6.61 Å². The van der Waals surface area contributed by atoms with Crippen LogP contribution in [-0.4, -0.2) is 9.97 Å². The number of hydrogen-bond acceptors (Lipinski definition) is 5. The topological polar surface area (TPSA) is 73.1 Å². The van der Waals surface area contributed by atoms with Crippen LogP contribution < -0.4 is 16.0 Å². The normalized spacial score (nSPS) is 10.4. The van der Waals surface area contributed by atoms with Gasteiger partial charge in [0.2, 0.25) is 0 Å². The molecule has 5 heteroatoms. The van der Waals surface area contributed by atoms with Gasteiger partial charge in [0.1, 0.15) is 18.2 Å². The molecular weight excluding hydrogens is 252 g/mol. The Morgan fingerprint density at radius 1 is 1.05 bits per heavy atom. The first kappa shape index (κ1) is 14.3. The molecule has 0 atom stereocenters. The molecular formula is C15H20N4O. The molecule has 0 unspecified atom stereocenters. The Labute approximate surface area is 119 Å². The average molecular weight is 272 g/mol. The molecule has 0 saturated carbocycles. The van der Waals surface area contributed by atoms with Gasteiger partial charge in [-0.2, -0.15) is 0 Å². The number of ether oxygens (including phenoxy) is 1. The molecule has 0 amide bonds. The number of nitrogens with zero attached hydrogens (tertiary/aromatic N) is 2. The molecule has 0 aliphatic heterocycles. The first-order chi connectivity index (χ1) is 9.49. The van der Waals surface area contributed by atoms with E-state index in [4.69, 9.17) is 10.6 Å². The largest absolute Gasteiger partial charge is 0.485 e. The van der Waals surface area contributed by atoms with E-state index in [0.29, 0.717) is 18.2 Å². The van der Waals surface area contributed by atoms with Gasteiger partial charge in [-0.15, -0.1) is 0 Å². The van der Waals surface area contributed by atoms with Crippen LogP contribution in [0, 0.1) is 27.7 Å². The van der Waals surface area contributed by atoms with Gasteiger partial charge >= 0.3 is 0 Å². The predicted molar refractivity (Wildman–Crippen MR) is 79.6 cm³/mol. The first-order valence-electron chi connectivity index (χ1n) is 6.51. The van der Waals surface area contributed by atoms with E-state index in [1.165, 1.54) is 5.56 Å². The minimum atomic E-state index is 0.321. The van der Waals surface area contributed by atoms with Gasteiger partial charge < -0.3 is 10.2 Å². The van der Waals surface area contributed by atoms with E-state index in [-0.39, 0.29) is 0 Å². The van der Waals surface area contributed by atoms with Gasteiger partial charge in [0, 0.05) is 11.8 Å².